The Morgan fingerprint density at radius 1 is 1.25 bits per heavy atom. The largest absolute Gasteiger partial charge is 0.394 e. The highest BCUT2D eigenvalue weighted by Gasteiger charge is 2.19. The molecule has 0 amide bonds. The number of hydrogen-bond donors (Lipinski definition) is 2. The van der Waals surface area contributed by atoms with Crippen LogP contribution in [-0.2, 0) is 12.3 Å². The van der Waals surface area contributed by atoms with Crippen molar-refractivity contribution in [3.05, 3.63) is 52.6 Å². The van der Waals surface area contributed by atoms with Crippen LogP contribution in [-0.4, -0.2) is 41.8 Å². The van der Waals surface area contributed by atoms with Crippen LogP contribution in [0.2, 0.25) is 0 Å². The minimum Gasteiger partial charge on any atom is -0.394 e. The van der Waals surface area contributed by atoms with E-state index in [-0.39, 0.29) is 6.61 Å². The van der Waals surface area contributed by atoms with Crippen molar-refractivity contribution in [2.45, 2.75) is 29.7 Å². The molecule has 9 heteroatoms. The molecule has 24 heavy (non-hydrogen) atoms. The summed E-state index contributed by atoms with van der Waals surface area (Å²) in [5.74, 6) is 1.56. The lowest BCUT2D eigenvalue weighted by Crippen LogP contribution is -2.08. The van der Waals surface area contributed by atoms with E-state index >= 15 is 0 Å². The average molecular weight is 363 g/mol. The Morgan fingerprint density at radius 2 is 2.04 bits per heavy atom. The highest BCUT2D eigenvalue weighted by Crippen LogP contribution is 2.26. The fourth-order valence-corrected chi connectivity index (χ4v) is 3.89. The maximum Gasteiger partial charge on any atom is 0.184 e. The molecule has 0 fully saturated rings. The lowest BCUT2D eigenvalue weighted by atomic mass is 10.1. The highest BCUT2D eigenvalue weighted by molar-refractivity contribution is 8.00. The summed E-state index contributed by atoms with van der Waals surface area (Å²) in [6, 6.07) is 9.27. The predicted molar refractivity (Wildman–Crippen MR) is 91.8 cm³/mol. The Morgan fingerprint density at radius 3 is 2.71 bits per heavy atom. The second kappa shape index (κ2) is 7.84. The van der Waals surface area contributed by atoms with Crippen LogP contribution in [0.5, 0.6) is 0 Å². The van der Waals surface area contributed by atoms with Crippen molar-refractivity contribution in [3.8, 4) is 0 Å². The molecule has 3 aromatic rings. The predicted octanol–water partition coefficient (Wildman–Crippen LogP) is 1.80. The molecule has 0 aliphatic carbocycles. The molecular formula is C15H17N5O2S2. The van der Waals surface area contributed by atoms with E-state index < -0.39 is 6.10 Å². The first-order valence-corrected chi connectivity index (χ1v) is 9.18. The third-order valence-electron chi connectivity index (χ3n) is 3.27. The average Bonchev–Trinajstić information content (AvgIpc) is 3.20. The number of nitrogens with zero attached hydrogens (tertiary/aromatic N) is 5. The molecular weight excluding hydrogens is 346 g/mol. The lowest BCUT2D eigenvalue weighted by molar-refractivity contribution is 0.208. The van der Waals surface area contributed by atoms with E-state index in [4.69, 9.17) is 0 Å². The monoisotopic (exact) mass is 363 g/mol. The number of rotatable bonds is 7. The van der Waals surface area contributed by atoms with E-state index in [1.807, 2.05) is 37.3 Å². The molecule has 0 aliphatic heterocycles. The van der Waals surface area contributed by atoms with Gasteiger partial charge in [0.25, 0.3) is 0 Å². The van der Waals surface area contributed by atoms with E-state index in [0.717, 1.165) is 14.9 Å². The fraction of sp³-hybridized carbons (Fsp3) is 0.333. The highest BCUT2D eigenvalue weighted by atomic mass is 32.2. The Kier molecular flexibility index (Phi) is 5.56. The third-order valence-corrected chi connectivity index (χ3v) is 5.24. The smallest absolute Gasteiger partial charge is 0.184 e. The Balaban J connectivity index is 1.79. The van der Waals surface area contributed by atoms with Gasteiger partial charge in [-0.05, 0) is 12.5 Å². The summed E-state index contributed by atoms with van der Waals surface area (Å²) in [6.45, 7) is 2.20. The van der Waals surface area contributed by atoms with Crippen LogP contribution in [0.1, 0.15) is 28.3 Å². The second-order valence-corrected chi connectivity index (χ2v) is 7.43. The standard InChI is InChI=1S/C15H17N5O2S2/c1-10-17-18-15(24-10)23-9-12-16-14(19-20(12)7-8-21)13(22)11-5-3-2-4-6-11/h2-6,13,21-22H,7-9H2,1H3/t13-/m1/s1. The molecule has 0 saturated heterocycles. The first kappa shape index (κ1) is 17.0. The molecule has 1 atom stereocenters. The van der Waals surface area contributed by atoms with Crippen molar-refractivity contribution in [1.82, 2.24) is 25.0 Å². The summed E-state index contributed by atoms with van der Waals surface area (Å²) in [4.78, 5) is 4.45. The molecule has 0 spiro atoms. The summed E-state index contributed by atoms with van der Waals surface area (Å²) in [6.07, 6.45) is -0.890. The maximum absolute atomic E-state index is 10.5. The Hall–Kier alpha value is -1.81. The zero-order valence-electron chi connectivity index (χ0n) is 13.0. The van der Waals surface area contributed by atoms with Gasteiger partial charge in [-0.1, -0.05) is 53.4 Å². The first-order chi connectivity index (χ1) is 11.7. The number of benzene rings is 1. The summed E-state index contributed by atoms with van der Waals surface area (Å²) in [5, 5.41) is 33.0. The zero-order chi connectivity index (χ0) is 16.9. The van der Waals surface area contributed by atoms with E-state index in [0.29, 0.717) is 23.9 Å². The number of aryl methyl sites for hydroxylation is 1. The van der Waals surface area contributed by atoms with Crippen LogP contribution in [0.4, 0.5) is 0 Å². The van der Waals surface area contributed by atoms with Gasteiger partial charge in [0.05, 0.1) is 18.9 Å². The van der Waals surface area contributed by atoms with Crippen LogP contribution in [0.25, 0.3) is 0 Å². The molecule has 2 aromatic heterocycles. The number of aliphatic hydroxyl groups is 2. The lowest BCUT2D eigenvalue weighted by Gasteiger charge is -2.05. The van der Waals surface area contributed by atoms with Gasteiger partial charge in [-0.15, -0.1) is 10.2 Å². The van der Waals surface area contributed by atoms with Gasteiger partial charge in [0.2, 0.25) is 0 Å². The van der Waals surface area contributed by atoms with E-state index in [1.54, 1.807) is 4.68 Å². The van der Waals surface area contributed by atoms with Gasteiger partial charge in [0.1, 0.15) is 16.9 Å². The van der Waals surface area contributed by atoms with Gasteiger partial charge in [-0.3, -0.25) is 0 Å². The van der Waals surface area contributed by atoms with Crippen LogP contribution in [0, 0.1) is 6.92 Å². The number of hydrogen-bond acceptors (Lipinski definition) is 8. The van der Waals surface area contributed by atoms with E-state index in [2.05, 4.69) is 20.3 Å². The van der Waals surface area contributed by atoms with Crippen molar-refractivity contribution in [2.75, 3.05) is 6.61 Å². The van der Waals surface area contributed by atoms with Crippen molar-refractivity contribution < 1.29 is 10.2 Å². The van der Waals surface area contributed by atoms with Crippen molar-refractivity contribution in [1.29, 1.82) is 0 Å². The molecule has 2 heterocycles. The van der Waals surface area contributed by atoms with Gasteiger partial charge in [-0.2, -0.15) is 5.10 Å². The van der Waals surface area contributed by atoms with Crippen LogP contribution < -0.4 is 0 Å². The minimum atomic E-state index is -0.890. The number of aromatic nitrogens is 5. The molecule has 0 radical (unpaired) electrons. The second-order valence-electron chi connectivity index (χ2n) is 5.02. The quantitative estimate of drug-likeness (QED) is 0.618. The van der Waals surface area contributed by atoms with E-state index in [1.165, 1.54) is 23.1 Å². The zero-order valence-corrected chi connectivity index (χ0v) is 14.7. The summed E-state index contributed by atoms with van der Waals surface area (Å²) < 4.78 is 2.48. The molecule has 3 rings (SSSR count). The minimum absolute atomic E-state index is 0.0419. The number of thioether (sulfide) groups is 1. The number of aliphatic hydroxyl groups excluding tert-OH is 2. The Labute approximate surface area is 147 Å². The molecule has 1 aromatic carbocycles. The molecule has 2 N–H and O–H groups in total. The SMILES string of the molecule is Cc1nnc(SCc2nc([C@H](O)c3ccccc3)nn2CCO)s1. The first-order valence-electron chi connectivity index (χ1n) is 7.37. The third kappa shape index (κ3) is 3.99. The van der Waals surface area contributed by atoms with Crippen LogP contribution in [0.15, 0.2) is 34.7 Å². The van der Waals surface area contributed by atoms with Gasteiger partial charge >= 0.3 is 0 Å². The molecule has 0 aliphatic rings. The van der Waals surface area contributed by atoms with Crippen molar-refractivity contribution in [2.24, 2.45) is 0 Å². The van der Waals surface area contributed by atoms with Crippen molar-refractivity contribution in [3.63, 3.8) is 0 Å². The van der Waals surface area contributed by atoms with Gasteiger partial charge in [0, 0.05) is 0 Å². The molecule has 0 unspecified atom stereocenters. The molecule has 0 saturated carbocycles. The normalized spacial score (nSPS) is 12.5. The van der Waals surface area contributed by atoms with Gasteiger partial charge in [0.15, 0.2) is 10.2 Å². The summed E-state index contributed by atoms with van der Waals surface area (Å²) in [5.41, 5.74) is 0.734. The molecule has 7 nitrogen and oxygen atoms in total. The van der Waals surface area contributed by atoms with Crippen LogP contribution >= 0.6 is 23.1 Å². The maximum atomic E-state index is 10.5. The van der Waals surface area contributed by atoms with Gasteiger partial charge in [-0.25, -0.2) is 9.67 Å². The Bertz CT molecular complexity index is 790. The topological polar surface area (TPSA) is 97.0 Å². The summed E-state index contributed by atoms with van der Waals surface area (Å²) >= 11 is 3.03. The van der Waals surface area contributed by atoms with Crippen molar-refractivity contribution >= 4 is 23.1 Å². The molecule has 0 bridgehead atoms. The molecule has 126 valence electrons. The summed E-state index contributed by atoms with van der Waals surface area (Å²) in [7, 11) is 0. The van der Waals surface area contributed by atoms with Crippen LogP contribution in [0.3, 0.4) is 0 Å². The van der Waals surface area contributed by atoms with E-state index in [9.17, 15) is 10.2 Å². The fourth-order valence-electron chi connectivity index (χ4n) is 2.14. The van der Waals surface area contributed by atoms with Gasteiger partial charge < -0.3 is 10.2 Å².